The van der Waals surface area contributed by atoms with E-state index in [-0.39, 0.29) is 5.97 Å². The van der Waals surface area contributed by atoms with E-state index >= 15 is 0 Å². The van der Waals surface area contributed by atoms with Crippen molar-refractivity contribution in [3.63, 3.8) is 0 Å². The summed E-state index contributed by atoms with van der Waals surface area (Å²) in [6, 6.07) is 0. The zero-order valence-electron chi connectivity index (χ0n) is 8.72. The van der Waals surface area contributed by atoms with Crippen molar-refractivity contribution >= 4 is 5.97 Å². The zero-order valence-corrected chi connectivity index (χ0v) is 8.72. The summed E-state index contributed by atoms with van der Waals surface area (Å²) in [5.41, 5.74) is -0.391. The van der Waals surface area contributed by atoms with Crippen LogP contribution in [0.4, 0.5) is 0 Å². The first-order valence-corrected chi connectivity index (χ1v) is 4.91. The Bertz CT molecular complexity index is 221. The van der Waals surface area contributed by atoms with Crippen molar-refractivity contribution in [2.75, 3.05) is 0 Å². The predicted octanol–water partition coefficient (Wildman–Crippen LogP) is 3.03. The van der Waals surface area contributed by atoms with Gasteiger partial charge in [0, 0.05) is 6.42 Å². The Hall–Kier alpha value is -0.790. The highest BCUT2D eigenvalue weighted by Crippen LogP contribution is 2.23. The second kappa shape index (κ2) is 3.95. The van der Waals surface area contributed by atoms with Crippen molar-refractivity contribution in [2.45, 2.75) is 46.5 Å². The van der Waals surface area contributed by atoms with Gasteiger partial charge in [-0.3, -0.25) is 4.79 Å². The maximum Gasteiger partial charge on any atom is 0.316 e. The van der Waals surface area contributed by atoms with Crippen LogP contribution in [0.15, 0.2) is 11.8 Å². The molecule has 0 spiro atoms. The lowest BCUT2D eigenvalue weighted by atomic mass is 9.97. The normalized spacial score (nSPS) is 17.9. The fourth-order valence-electron chi connectivity index (χ4n) is 1.17. The number of hydrogen-bond donors (Lipinski definition) is 0. The summed E-state index contributed by atoms with van der Waals surface area (Å²) in [7, 11) is 0. The molecule has 0 atom stereocenters. The molecule has 1 aliphatic carbocycles. The molecule has 74 valence electrons. The molecule has 0 fully saturated rings. The highest BCUT2D eigenvalue weighted by molar-refractivity contribution is 5.76. The van der Waals surface area contributed by atoms with Gasteiger partial charge in [-0.25, -0.2) is 0 Å². The van der Waals surface area contributed by atoms with Gasteiger partial charge in [-0.15, -0.1) is 0 Å². The van der Waals surface area contributed by atoms with Crippen LogP contribution in [0.3, 0.4) is 0 Å². The third-order valence-electron chi connectivity index (χ3n) is 2.09. The minimum absolute atomic E-state index is 0.124. The lowest BCUT2D eigenvalue weighted by molar-refractivity contribution is -0.148. The molecule has 0 unspecified atom stereocenters. The Morgan fingerprint density at radius 3 is 2.54 bits per heavy atom. The fourth-order valence-corrected chi connectivity index (χ4v) is 1.17. The van der Waals surface area contributed by atoms with Crippen molar-refractivity contribution in [3.8, 4) is 0 Å². The quantitative estimate of drug-likeness (QED) is 0.583. The lowest BCUT2D eigenvalue weighted by Crippen LogP contribution is -2.23. The van der Waals surface area contributed by atoms with E-state index in [1.165, 1.54) is 6.42 Å². The third kappa shape index (κ3) is 3.21. The molecule has 13 heavy (non-hydrogen) atoms. The van der Waals surface area contributed by atoms with E-state index < -0.39 is 5.41 Å². The molecule has 0 aromatic heterocycles. The van der Waals surface area contributed by atoms with Crippen molar-refractivity contribution in [1.82, 2.24) is 0 Å². The van der Waals surface area contributed by atoms with Crippen LogP contribution in [0.25, 0.3) is 0 Å². The number of allylic oxidation sites excluding steroid dienone is 2. The highest BCUT2D eigenvalue weighted by atomic mass is 16.5. The summed E-state index contributed by atoms with van der Waals surface area (Å²) in [5.74, 6) is 0.742. The Morgan fingerprint density at radius 1 is 1.38 bits per heavy atom. The molecular weight excluding hydrogens is 164 g/mol. The minimum Gasteiger partial charge on any atom is -0.431 e. The van der Waals surface area contributed by atoms with E-state index in [0.717, 1.165) is 25.0 Å². The number of carbonyl (C=O) groups excluding carboxylic acids is 1. The maximum absolute atomic E-state index is 11.5. The topological polar surface area (TPSA) is 26.3 Å². The van der Waals surface area contributed by atoms with Crippen LogP contribution in [0, 0.1) is 5.41 Å². The minimum atomic E-state index is -0.391. The van der Waals surface area contributed by atoms with Crippen molar-refractivity contribution < 1.29 is 9.53 Å². The summed E-state index contributed by atoms with van der Waals surface area (Å²) >= 11 is 0. The first kappa shape index (κ1) is 10.3. The number of hydrogen-bond acceptors (Lipinski definition) is 2. The number of esters is 1. The molecule has 0 bridgehead atoms. The van der Waals surface area contributed by atoms with Crippen LogP contribution in [0.1, 0.15) is 46.5 Å². The van der Waals surface area contributed by atoms with E-state index in [4.69, 9.17) is 4.74 Å². The molecular formula is C11H18O2. The van der Waals surface area contributed by atoms with Gasteiger partial charge in [-0.2, -0.15) is 0 Å². The van der Waals surface area contributed by atoms with Gasteiger partial charge in [0.2, 0.25) is 0 Å². The van der Waals surface area contributed by atoms with Gasteiger partial charge in [-0.05, 0) is 46.1 Å². The van der Waals surface area contributed by atoms with Crippen LogP contribution < -0.4 is 0 Å². The Kier molecular flexibility index (Phi) is 3.12. The molecule has 0 saturated carbocycles. The first-order valence-electron chi connectivity index (χ1n) is 4.91. The maximum atomic E-state index is 11.5. The van der Waals surface area contributed by atoms with Gasteiger partial charge >= 0.3 is 5.97 Å². The largest absolute Gasteiger partial charge is 0.431 e. The van der Waals surface area contributed by atoms with Gasteiger partial charge in [0.25, 0.3) is 0 Å². The van der Waals surface area contributed by atoms with Crippen molar-refractivity contribution in [1.29, 1.82) is 0 Å². The van der Waals surface area contributed by atoms with Gasteiger partial charge in [0.15, 0.2) is 0 Å². The zero-order chi connectivity index (χ0) is 9.90. The molecule has 0 aromatic carbocycles. The highest BCUT2D eigenvalue weighted by Gasteiger charge is 2.24. The molecule has 2 heteroatoms. The van der Waals surface area contributed by atoms with E-state index in [1.54, 1.807) is 0 Å². The van der Waals surface area contributed by atoms with Crippen LogP contribution in [0.5, 0.6) is 0 Å². The monoisotopic (exact) mass is 182 g/mol. The molecule has 0 heterocycles. The van der Waals surface area contributed by atoms with Gasteiger partial charge in [0.1, 0.15) is 5.76 Å². The van der Waals surface area contributed by atoms with Gasteiger partial charge in [-0.1, -0.05) is 0 Å². The molecule has 1 aliphatic rings. The molecule has 1 rings (SSSR count). The fraction of sp³-hybridized carbons (Fsp3) is 0.727. The SMILES string of the molecule is CC(C)(C)C(=O)OC1=CCCCC1. The number of ether oxygens (including phenoxy) is 1. The summed E-state index contributed by atoms with van der Waals surface area (Å²) < 4.78 is 5.28. The van der Waals surface area contributed by atoms with E-state index in [2.05, 4.69) is 0 Å². The Labute approximate surface area is 80.0 Å². The standard InChI is InChI=1S/C11H18O2/c1-11(2,3)10(12)13-9-7-5-4-6-8-9/h7H,4-6,8H2,1-3H3. The molecule has 0 N–H and O–H groups in total. The molecule has 0 aromatic rings. The van der Waals surface area contributed by atoms with Gasteiger partial charge < -0.3 is 4.74 Å². The third-order valence-corrected chi connectivity index (χ3v) is 2.09. The average molecular weight is 182 g/mol. The van der Waals surface area contributed by atoms with Crippen molar-refractivity contribution in [3.05, 3.63) is 11.8 Å². The van der Waals surface area contributed by atoms with Crippen LogP contribution in [-0.2, 0) is 9.53 Å². The molecule has 0 amide bonds. The summed E-state index contributed by atoms with van der Waals surface area (Å²) in [6.07, 6.45) is 6.36. The lowest BCUT2D eigenvalue weighted by Gasteiger charge is -2.19. The Morgan fingerprint density at radius 2 is 2.08 bits per heavy atom. The van der Waals surface area contributed by atoms with E-state index in [0.29, 0.717) is 0 Å². The first-order chi connectivity index (χ1) is 6.00. The summed E-state index contributed by atoms with van der Waals surface area (Å²) in [6.45, 7) is 5.62. The van der Waals surface area contributed by atoms with E-state index in [1.807, 2.05) is 26.8 Å². The summed E-state index contributed by atoms with van der Waals surface area (Å²) in [5, 5.41) is 0. The smallest absolute Gasteiger partial charge is 0.316 e. The Balaban J connectivity index is 2.49. The molecule has 2 nitrogen and oxygen atoms in total. The molecule has 0 aliphatic heterocycles. The second-order valence-electron chi connectivity index (χ2n) is 4.56. The van der Waals surface area contributed by atoms with Crippen molar-refractivity contribution in [2.24, 2.45) is 5.41 Å². The molecule has 0 saturated heterocycles. The molecule has 0 radical (unpaired) electrons. The predicted molar refractivity (Wildman–Crippen MR) is 52.1 cm³/mol. The number of carbonyl (C=O) groups is 1. The van der Waals surface area contributed by atoms with Crippen LogP contribution in [0.2, 0.25) is 0 Å². The average Bonchev–Trinajstić information content (AvgIpc) is 2.04. The summed E-state index contributed by atoms with van der Waals surface area (Å²) in [4.78, 5) is 11.5. The second-order valence-corrected chi connectivity index (χ2v) is 4.56. The number of rotatable bonds is 1. The van der Waals surface area contributed by atoms with E-state index in [9.17, 15) is 4.79 Å². The van der Waals surface area contributed by atoms with Gasteiger partial charge in [0.05, 0.1) is 5.41 Å². The van der Waals surface area contributed by atoms with Crippen LogP contribution >= 0.6 is 0 Å². The van der Waals surface area contributed by atoms with Crippen LogP contribution in [-0.4, -0.2) is 5.97 Å².